The third kappa shape index (κ3) is 3.87. The van der Waals surface area contributed by atoms with Crippen molar-refractivity contribution < 1.29 is 18.7 Å². The summed E-state index contributed by atoms with van der Waals surface area (Å²) < 4.78 is 18.3. The lowest BCUT2D eigenvalue weighted by atomic mass is 10.1. The molecule has 1 aromatic heterocycles. The summed E-state index contributed by atoms with van der Waals surface area (Å²) >= 11 is 0. The first-order valence-corrected chi connectivity index (χ1v) is 5.68. The Kier molecular flexibility index (Phi) is 5.17. The van der Waals surface area contributed by atoms with E-state index in [9.17, 15) is 14.0 Å². The summed E-state index contributed by atoms with van der Waals surface area (Å²) in [7, 11) is 3.28. The number of carbonyl (C=O) groups is 2. The summed E-state index contributed by atoms with van der Waals surface area (Å²) in [4.78, 5) is 29.0. The van der Waals surface area contributed by atoms with Crippen LogP contribution in [-0.4, -0.2) is 42.3 Å². The van der Waals surface area contributed by atoms with Crippen molar-refractivity contribution in [2.45, 2.75) is 6.92 Å². The van der Waals surface area contributed by atoms with Crippen molar-refractivity contribution in [2.75, 3.05) is 20.7 Å². The molecule has 0 unspecified atom stereocenters. The normalized spacial score (nSPS) is 11.1. The second-order valence-electron chi connectivity index (χ2n) is 3.89. The largest absolute Gasteiger partial charge is 0.462 e. The van der Waals surface area contributed by atoms with Gasteiger partial charge in [0.25, 0.3) is 0 Å². The van der Waals surface area contributed by atoms with Crippen LogP contribution in [0.4, 0.5) is 4.39 Å². The highest BCUT2D eigenvalue weighted by Gasteiger charge is 2.25. The lowest BCUT2D eigenvalue weighted by Gasteiger charge is -2.10. The summed E-state index contributed by atoms with van der Waals surface area (Å²) in [6.45, 7) is 1.75. The molecule has 0 aromatic carbocycles. The fraction of sp³-hybridized carbons (Fsp3) is 0.308. The SMILES string of the molecule is CCOC(=O)/C(=C\N(C)C)C(=O)c1ncccc1F. The molecule has 0 N–H and O–H groups in total. The third-order valence-corrected chi connectivity index (χ3v) is 2.10. The predicted octanol–water partition coefficient (Wildman–Crippen LogP) is 1.41. The van der Waals surface area contributed by atoms with Gasteiger partial charge in [0, 0.05) is 26.5 Å². The molecule has 102 valence electrons. The van der Waals surface area contributed by atoms with Gasteiger partial charge >= 0.3 is 5.97 Å². The van der Waals surface area contributed by atoms with Gasteiger partial charge in [-0.25, -0.2) is 14.2 Å². The minimum absolute atomic E-state index is 0.127. The number of hydrogen-bond donors (Lipinski definition) is 0. The van der Waals surface area contributed by atoms with Crippen LogP contribution in [0, 0.1) is 5.82 Å². The van der Waals surface area contributed by atoms with Crippen LogP contribution in [0.2, 0.25) is 0 Å². The van der Waals surface area contributed by atoms with Crippen molar-refractivity contribution in [3.8, 4) is 0 Å². The molecule has 0 fully saturated rings. The minimum Gasteiger partial charge on any atom is -0.462 e. The van der Waals surface area contributed by atoms with E-state index in [2.05, 4.69) is 4.98 Å². The van der Waals surface area contributed by atoms with Crippen LogP contribution in [0.25, 0.3) is 0 Å². The molecule has 0 saturated carbocycles. The summed E-state index contributed by atoms with van der Waals surface area (Å²) in [5, 5.41) is 0. The van der Waals surface area contributed by atoms with E-state index >= 15 is 0 Å². The number of aromatic nitrogens is 1. The van der Waals surface area contributed by atoms with Gasteiger partial charge in [0.1, 0.15) is 11.3 Å². The van der Waals surface area contributed by atoms with E-state index in [1.807, 2.05) is 0 Å². The van der Waals surface area contributed by atoms with Crippen LogP contribution in [0.5, 0.6) is 0 Å². The molecule has 19 heavy (non-hydrogen) atoms. The number of ketones is 1. The number of carbonyl (C=O) groups excluding carboxylic acids is 2. The molecule has 1 heterocycles. The molecule has 6 heteroatoms. The highest BCUT2D eigenvalue weighted by molar-refractivity contribution is 6.23. The maximum Gasteiger partial charge on any atom is 0.343 e. The molecule has 0 atom stereocenters. The Hall–Kier alpha value is -2.24. The maximum atomic E-state index is 13.5. The lowest BCUT2D eigenvalue weighted by molar-refractivity contribution is -0.138. The standard InChI is InChI=1S/C13H15FN2O3/c1-4-19-13(18)9(8-16(2)3)12(17)11-10(14)6-5-7-15-11/h5-8H,4H2,1-3H3/b9-8-. The summed E-state index contributed by atoms with van der Waals surface area (Å²) in [6, 6.07) is 2.48. The predicted molar refractivity (Wildman–Crippen MR) is 66.9 cm³/mol. The maximum absolute atomic E-state index is 13.5. The zero-order valence-electron chi connectivity index (χ0n) is 11.0. The van der Waals surface area contributed by atoms with Gasteiger partial charge < -0.3 is 9.64 Å². The molecule has 0 bridgehead atoms. The van der Waals surface area contributed by atoms with Crippen molar-refractivity contribution in [1.82, 2.24) is 9.88 Å². The van der Waals surface area contributed by atoms with E-state index in [-0.39, 0.29) is 12.2 Å². The number of pyridine rings is 1. The molecule has 0 aliphatic carbocycles. The molecular formula is C13H15FN2O3. The van der Waals surface area contributed by atoms with Gasteiger partial charge in [-0.05, 0) is 19.1 Å². The molecule has 0 aliphatic heterocycles. The number of hydrogen-bond acceptors (Lipinski definition) is 5. The van der Waals surface area contributed by atoms with Gasteiger partial charge in [0.2, 0.25) is 5.78 Å². The minimum atomic E-state index is -0.801. The second kappa shape index (κ2) is 6.63. The number of nitrogens with zero attached hydrogens (tertiary/aromatic N) is 2. The molecule has 0 spiro atoms. The summed E-state index contributed by atoms with van der Waals surface area (Å²) in [6.07, 6.45) is 2.57. The van der Waals surface area contributed by atoms with E-state index in [1.54, 1.807) is 21.0 Å². The fourth-order valence-electron chi connectivity index (χ4n) is 1.35. The summed E-state index contributed by atoms with van der Waals surface area (Å²) in [5.74, 6) is -2.38. The van der Waals surface area contributed by atoms with E-state index < -0.39 is 23.3 Å². The second-order valence-corrected chi connectivity index (χ2v) is 3.89. The zero-order valence-corrected chi connectivity index (χ0v) is 11.0. The first kappa shape index (κ1) is 14.8. The van der Waals surface area contributed by atoms with E-state index in [0.717, 1.165) is 6.07 Å². The van der Waals surface area contributed by atoms with Crippen molar-refractivity contribution in [2.24, 2.45) is 0 Å². The van der Waals surface area contributed by atoms with Crippen molar-refractivity contribution >= 4 is 11.8 Å². The van der Waals surface area contributed by atoms with Crippen LogP contribution in [0.3, 0.4) is 0 Å². The molecule has 0 radical (unpaired) electrons. The topological polar surface area (TPSA) is 59.5 Å². The van der Waals surface area contributed by atoms with Gasteiger partial charge in [0.05, 0.1) is 6.61 Å². The molecular weight excluding hydrogens is 251 g/mol. The highest BCUT2D eigenvalue weighted by Crippen LogP contribution is 2.12. The molecule has 1 rings (SSSR count). The lowest BCUT2D eigenvalue weighted by Crippen LogP contribution is -2.21. The average Bonchev–Trinajstić information content (AvgIpc) is 2.36. The van der Waals surface area contributed by atoms with Crippen LogP contribution < -0.4 is 0 Å². The van der Waals surface area contributed by atoms with Gasteiger partial charge in [-0.1, -0.05) is 0 Å². The van der Waals surface area contributed by atoms with Crippen LogP contribution in [0.15, 0.2) is 30.1 Å². The first-order valence-electron chi connectivity index (χ1n) is 5.68. The zero-order chi connectivity index (χ0) is 14.4. The van der Waals surface area contributed by atoms with E-state index in [0.29, 0.717) is 0 Å². The molecule has 0 aliphatic rings. The molecule has 5 nitrogen and oxygen atoms in total. The van der Waals surface area contributed by atoms with Crippen molar-refractivity contribution in [1.29, 1.82) is 0 Å². The summed E-state index contributed by atoms with van der Waals surface area (Å²) in [5.41, 5.74) is -0.659. The molecule has 0 saturated heterocycles. The Morgan fingerprint density at radius 1 is 1.47 bits per heavy atom. The Morgan fingerprint density at radius 2 is 2.16 bits per heavy atom. The Labute approximate surface area is 110 Å². The van der Waals surface area contributed by atoms with Crippen LogP contribution >= 0.6 is 0 Å². The van der Waals surface area contributed by atoms with Gasteiger partial charge in [-0.15, -0.1) is 0 Å². The van der Waals surface area contributed by atoms with Gasteiger partial charge in [-0.2, -0.15) is 0 Å². The Balaban J connectivity index is 3.16. The van der Waals surface area contributed by atoms with Crippen LogP contribution in [0.1, 0.15) is 17.4 Å². The number of rotatable bonds is 5. The van der Waals surface area contributed by atoms with Crippen molar-refractivity contribution in [3.63, 3.8) is 0 Å². The van der Waals surface area contributed by atoms with Gasteiger partial charge in [0.15, 0.2) is 5.82 Å². The van der Waals surface area contributed by atoms with Crippen molar-refractivity contribution in [3.05, 3.63) is 41.6 Å². The van der Waals surface area contributed by atoms with E-state index in [4.69, 9.17) is 4.74 Å². The van der Waals surface area contributed by atoms with Crippen LogP contribution in [-0.2, 0) is 9.53 Å². The third-order valence-electron chi connectivity index (χ3n) is 2.10. The number of halogens is 1. The van der Waals surface area contributed by atoms with Gasteiger partial charge in [-0.3, -0.25) is 4.79 Å². The molecule has 0 amide bonds. The number of ether oxygens (including phenoxy) is 1. The quantitative estimate of drug-likeness (QED) is 0.265. The number of Topliss-reactive ketones (excluding diaryl/α,β-unsaturated/α-hetero) is 1. The number of esters is 1. The highest BCUT2D eigenvalue weighted by atomic mass is 19.1. The van der Waals surface area contributed by atoms with E-state index in [1.165, 1.54) is 23.4 Å². The Bertz CT molecular complexity index is 512. The fourth-order valence-corrected chi connectivity index (χ4v) is 1.35. The smallest absolute Gasteiger partial charge is 0.343 e. The first-order chi connectivity index (χ1) is 8.97. The molecule has 1 aromatic rings. The monoisotopic (exact) mass is 266 g/mol. The Morgan fingerprint density at radius 3 is 2.68 bits per heavy atom. The average molecular weight is 266 g/mol.